The minimum atomic E-state index is -3.94. The average molecular weight is 628 g/mol. The van der Waals surface area contributed by atoms with E-state index in [4.69, 9.17) is 0 Å². The molecule has 0 saturated heterocycles. The molecule has 0 aliphatic carbocycles. The molecule has 240 valence electrons. The molecule has 7 heteroatoms. The number of aryl methyl sites for hydroxylation is 1. The predicted molar refractivity (Wildman–Crippen MR) is 186 cm³/mol. The van der Waals surface area contributed by atoms with Gasteiger partial charge in [0.25, 0.3) is 10.0 Å². The second-order valence-corrected chi connectivity index (χ2v) is 15.7. The highest BCUT2D eigenvalue weighted by molar-refractivity contribution is 7.90. The largest absolute Gasteiger partial charge is 0.312 e. The zero-order chi connectivity index (χ0) is 32.6. The second-order valence-electron chi connectivity index (χ2n) is 13.9. The zero-order valence-electron chi connectivity index (χ0n) is 28.2. The van der Waals surface area contributed by atoms with Crippen molar-refractivity contribution in [1.82, 2.24) is 8.87 Å². The highest BCUT2D eigenvalue weighted by Gasteiger charge is 2.31. The summed E-state index contributed by atoms with van der Waals surface area (Å²) >= 11 is 0. The van der Waals surface area contributed by atoms with Crippen LogP contribution in [0.25, 0.3) is 10.9 Å². The number of carbonyl (C=O) groups is 1. The number of aromatic nitrogens is 1. The molecule has 3 aromatic carbocycles. The summed E-state index contributed by atoms with van der Waals surface area (Å²) in [7, 11) is 0.206. The Kier molecular flexibility index (Phi) is 9.62. The lowest BCUT2D eigenvalue weighted by Crippen LogP contribution is -2.43. The lowest BCUT2D eigenvalue weighted by molar-refractivity contribution is -0.118. The first-order valence-corrected chi connectivity index (χ1v) is 17.8. The molecule has 5 rings (SSSR count). The molecule has 2 heterocycles. The minimum absolute atomic E-state index is 0.0358. The van der Waals surface area contributed by atoms with Gasteiger partial charge in [-0.25, -0.2) is 12.4 Å². The molecule has 1 atom stereocenters. The Bertz CT molecular complexity index is 1770. The summed E-state index contributed by atoms with van der Waals surface area (Å²) in [5.74, 6) is 0.790. The quantitative estimate of drug-likeness (QED) is 0.179. The van der Waals surface area contributed by atoms with E-state index >= 15 is 0 Å². The van der Waals surface area contributed by atoms with Crippen molar-refractivity contribution in [3.63, 3.8) is 0 Å². The lowest BCUT2D eigenvalue weighted by atomic mass is 9.89. The van der Waals surface area contributed by atoms with Gasteiger partial charge in [0, 0.05) is 36.8 Å². The van der Waals surface area contributed by atoms with Crippen molar-refractivity contribution in [2.45, 2.75) is 83.5 Å². The highest BCUT2D eigenvalue weighted by Crippen LogP contribution is 2.38. The normalized spacial score (nSPS) is 15.6. The summed E-state index contributed by atoms with van der Waals surface area (Å²) in [6.07, 6.45) is 3.48. The molecule has 4 aromatic rings. The molecule has 1 aliphatic rings. The fraction of sp³-hybridized carbons (Fsp3) is 0.447. The highest BCUT2D eigenvalue weighted by atomic mass is 32.2. The van der Waals surface area contributed by atoms with E-state index in [9.17, 15) is 13.2 Å². The first-order chi connectivity index (χ1) is 21.3. The number of rotatable bonds is 10. The van der Waals surface area contributed by atoms with Crippen LogP contribution >= 0.6 is 0 Å². The van der Waals surface area contributed by atoms with Crippen molar-refractivity contribution in [2.75, 3.05) is 32.1 Å². The Morgan fingerprint density at radius 1 is 0.889 bits per heavy atom. The van der Waals surface area contributed by atoms with Gasteiger partial charge in [-0.2, -0.15) is 0 Å². The molecule has 1 aromatic heterocycles. The van der Waals surface area contributed by atoms with Crippen LogP contribution in [-0.2, 0) is 27.7 Å². The summed E-state index contributed by atoms with van der Waals surface area (Å²) in [6, 6.07) is 20.0. The Morgan fingerprint density at radius 2 is 1.51 bits per heavy atom. The van der Waals surface area contributed by atoms with E-state index in [1.54, 1.807) is 6.20 Å². The molecule has 0 saturated carbocycles. The Hall–Kier alpha value is -3.42. The average Bonchev–Trinajstić information content (AvgIpc) is 3.37. The van der Waals surface area contributed by atoms with Gasteiger partial charge in [0.1, 0.15) is 0 Å². The molecule has 6 nitrogen and oxygen atoms in total. The Balaban J connectivity index is 1.52. The van der Waals surface area contributed by atoms with Crippen LogP contribution in [0.4, 0.5) is 5.69 Å². The number of amides is 1. The van der Waals surface area contributed by atoms with E-state index in [0.29, 0.717) is 41.6 Å². The van der Waals surface area contributed by atoms with Gasteiger partial charge in [-0.1, -0.05) is 90.1 Å². The van der Waals surface area contributed by atoms with Crippen molar-refractivity contribution in [1.29, 1.82) is 0 Å². The first kappa shape index (κ1) is 33.0. The minimum Gasteiger partial charge on any atom is -0.312 e. The van der Waals surface area contributed by atoms with E-state index in [1.165, 1.54) is 9.54 Å². The van der Waals surface area contributed by atoms with Gasteiger partial charge in [0.15, 0.2) is 0 Å². The molecule has 1 aliphatic heterocycles. The van der Waals surface area contributed by atoms with Gasteiger partial charge in [-0.05, 0) is 90.6 Å². The van der Waals surface area contributed by atoms with Crippen molar-refractivity contribution >= 4 is 32.5 Å². The summed E-state index contributed by atoms with van der Waals surface area (Å²) in [5, 5.41) is 0.870. The molecule has 0 N–H and O–H groups in total. The lowest BCUT2D eigenvalue weighted by Gasteiger charge is -2.36. The van der Waals surface area contributed by atoms with Crippen molar-refractivity contribution in [3.05, 3.63) is 94.7 Å². The number of carbonyl (C=O) groups excluding carboxylic acids is 1. The summed E-state index contributed by atoms with van der Waals surface area (Å²) in [5.41, 5.74) is 6.59. The van der Waals surface area contributed by atoms with Crippen LogP contribution in [0.15, 0.2) is 71.8 Å². The van der Waals surface area contributed by atoms with Crippen LogP contribution < -0.4 is 4.90 Å². The van der Waals surface area contributed by atoms with Gasteiger partial charge >= 0.3 is 0 Å². The van der Waals surface area contributed by atoms with Crippen LogP contribution in [-0.4, -0.2) is 50.4 Å². The third-order valence-corrected chi connectivity index (χ3v) is 10.9. The van der Waals surface area contributed by atoms with Crippen molar-refractivity contribution < 1.29 is 13.2 Å². The molecular formula is C38H49N3O3S. The number of fused-ring (bicyclic) bond motifs is 2. The molecule has 1 amide bonds. The standard InChI is InChI=1S/C38H49N3O3S/c1-25(2)31-20-33(26(3)4)38(34(21-31)27(5)6)45(43,44)41-24-30(32-14-10-12-16-36(32)41)17-18-37(42)40-23-28(22-39(7)8)19-29-13-9-11-15-35(29)40/h9-16,20-21,24-28H,17-19,22-23H2,1-8H3. The van der Waals surface area contributed by atoms with Crippen molar-refractivity contribution in [2.24, 2.45) is 5.92 Å². The number of hydrogen-bond acceptors (Lipinski definition) is 4. The second kappa shape index (κ2) is 13.1. The number of hydrogen-bond donors (Lipinski definition) is 0. The van der Waals surface area contributed by atoms with Crippen LogP contribution in [0.2, 0.25) is 0 Å². The molecule has 0 fully saturated rings. The summed E-state index contributed by atoms with van der Waals surface area (Å²) in [6.45, 7) is 14.2. The third kappa shape index (κ3) is 6.61. The molecule has 0 radical (unpaired) electrons. The first-order valence-electron chi connectivity index (χ1n) is 16.3. The van der Waals surface area contributed by atoms with Gasteiger partial charge in [0.2, 0.25) is 5.91 Å². The Morgan fingerprint density at radius 3 is 2.13 bits per heavy atom. The molecule has 1 unspecified atom stereocenters. The molecule has 0 spiro atoms. The molecular weight excluding hydrogens is 579 g/mol. The predicted octanol–water partition coefficient (Wildman–Crippen LogP) is 7.95. The van der Waals surface area contributed by atoms with E-state index in [0.717, 1.165) is 46.3 Å². The van der Waals surface area contributed by atoms with E-state index in [-0.39, 0.29) is 17.7 Å². The Labute approximate surface area is 270 Å². The van der Waals surface area contributed by atoms with Crippen LogP contribution in [0, 0.1) is 5.92 Å². The topological polar surface area (TPSA) is 62.6 Å². The number of benzene rings is 3. The van der Waals surface area contributed by atoms with Crippen LogP contribution in [0.5, 0.6) is 0 Å². The molecule has 45 heavy (non-hydrogen) atoms. The zero-order valence-corrected chi connectivity index (χ0v) is 29.0. The van der Waals surface area contributed by atoms with Crippen LogP contribution in [0.3, 0.4) is 0 Å². The maximum atomic E-state index is 14.7. The van der Waals surface area contributed by atoms with Gasteiger partial charge in [0.05, 0.1) is 10.4 Å². The van der Waals surface area contributed by atoms with Crippen molar-refractivity contribution in [3.8, 4) is 0 Å². The number of para-hydroxylation sites is 2. The van der Waals surface area contributed by atoms with E-state index in [1.807, 2.05) is 47.4 Å². The maximum Gasteiger partial charge on any atom is 0.268 e. The van der Waals surface area contributed by atoms with E-state index in [2.05, 4.69) is 78.7 Å². The van der Waals surface area contributed by atoms with E-state index < -0.39 is 10.0 Å². The monoisotopic (exact) mass is 627 g/mol. The SMILES string of the molecule is CC(C)c1cc(C(C)C)c(S(=O)(=O)n2cc(CCC(=O)N3CC(CN(C)C)Cc4ccccc43)c3ccccc32)c(C(C)C)c1. The van der Waals surface area contributed by atoms with Gasteiger partial charge in [-0.3, -0.25) is 4.79 Å². The van der Waals surface area contributed by atoms with Crippen LogP contribution in [0.1, 0.15) is 93.5 Å². The molecule has 0 bridgehead atoms. The smallest absolute Gasteiger partial charge is 0.268 e. The third-order valence-electron chi connectivity index (χ3n) is 9.12. The van der Waals surface area contributed by atoms with Gasteiger partial charge in [-0.15, -0.1) is 0 Å². The summed E-state index contributed by atoms with van der Waals surface area (Å²) < 4.78 is 30.9. The fourth-order valence-corrected chi connectivity index (χ4v) is 8.90. The van der Waals surface area contributed by atoms with Gasteiger partial charge < -0.3 is 9.80 Å². The fourth-order valence-electron chi connectivity index (χ4n) is 6.83. The maximum absolute atomic E-state index is 14.7. The number of nitrogens with zero attached hydrogens (tertiary/aromatic N) is 3. The summed E-state index contributed by atoms with van der Waals surface area (Å²) in [4.78, 5) is 18.4. The number of anilines is 1.